The van der Waals surface area contributed by atoms with Gasteiger partial charge in [-0.05, 0) is 24.5 Å². The first-order valence-electron chi connectivity index (χ1n) is 7.53. The van der Waals surface area contributed by atoms with Crippen molar-refractivity contribution in [2.45, 2.75) is 32.6 Å². The lowest BCUT2D eigenvalue weighted by molar-refractivity contribution is -0.130. The molecular weight excluding hydrogens is 264 g/mol. The first kappa shape index (κ1) is 17.2. The summed E-state index contributed by atoms with van der Waals surface area (Å²) in [5.74, 6) is 1.08. The number of hydrogen-bond donors (Lipinski definition) is 0. The van der Waals surface area contributed by atoms with E-state index >= 15 is 0 Å². The minimum absolute atomic E-state index is 0.201. The Labute approximate surface area is 127 Å². The van der Waals surface area contributed by atoms with E-state index in [1.165, 1.54) is 0 Å². The van der Waals surface area contributed by atoms with Gasteiger partial charge in [0.2, 0.25) is 5.91 Å². The van der Waals surface area contributed by atoms with Gasteiger partial charge in [-0.2, -0.15) is 0 Å². The summed E-state index contributed by atoms with van der Waals surface area (Å²) in [7, 11) is 3.40. The van der Waals surface area contributed by atoms with Crippen LogP contribution < -0.4 is 4.74 Å². The third-order valence-electron chi connectivity index (χ3n) is 3.43. The van der Waals surface area contributed by atoms with E-state index in [9.17, 15) is 4.79 Å². The van der Waals surface area contributed by atoms with E-state index in [0.717, 1.165) is 30.6 Å². The van der Waals surface area contributed by atoms with Crippen LogP contribution in [0.1, 0.15) is 31.7 Å². The van der Waals surface area contributed by atoms with Gasteiger partial charge in [0.25, 0.3) is 0 Å². The maximum atomic E-state index is 12.2. The number of amides is 1. The van der Waals surface area contributed by atoms with Gasteiger partial charge in [-0.15, -0.1) is 0 Å². The molecule has 1 amide bonds. The molecule has 0 N–H and O–H groups in total. The predicted octanol–water partition coefficient (Wildman–Crippen LogP) is 2.96. The average Bonchev–Trinajstić information content (AvgIpc) is 2.53. The molecule has 0 aliphatic carbocycles. The highest BCUT2D eigenvalue weighted by atomic mass is 16.5. The standard InChI is InChI=1S/C17H26N2O2/c1-4-5-10-17(20)19(14-12-18-2)13-11-15-8-6-7-9-16(15)21-3/h6-9,12H,4-5,10-11,13-14H2,1-3H3. The fourth-order valence-corrected chi connectivity index (χ4v) is 2.15. The Bertz CT molecular complexity index is 458. The molecule has 116 valence electrons. The van der Waals surface area contributed by atoms with Gasteiger partial charge in [0, 0.05) is 26.2 Å². The zero-order valence-electron chi connectivity index (χ0n) is 13.3. The monoisotopic (exact) mass is 290 g/mol. The van der Waals surface area contributed by atoms with E-state index in [4.69, 9.17) is 4.74 Å². The first-order chi connectivity index (χ1) is 10.2. The fraction of sp³-hybridized carbons (Fsp3) is 0.529. The molecule has 1 aromatic rings. The lowest BCUT2D eigenvalue weighted by Crippen LogP contribution is -2.34. The highest BCUT2D eigenvalue weighted by Gasteiger charge is 2.12. The van der Waals surface area contributed by atoms with Crippen LogP contribution in [0, 0.1) is 0 Å². The Morgan fingerprint density at radius 1 is 1.38 bits per heavy atom. The molecule has 1 rings (SSSR count). The molecule has 4 heteroatoms. The smallest absolute Gasteiger partial charge is 0.222 e. The van der Waals surface area contributed by atoms with Crippen molar-refractivity contribution in [1.29, 1.82) is 0 Å². The normalized spacial score (nSPS) is 10.8. The fourth-order valence-electron chi connectivity index (χ4n) is 2.15. The summed E-state index contributed by atoms with van der Waals surface area (Å²) in [6.45, 7) is 3.36. The van der Waals surface area contributed by atoms with Crippen molar-refractivity contribution in [2.75, 3.05) is 27.2 Å². The lowest BCUT2D eigenvalue weighted by Gasteiger charge is -2.21. The number of nitrogens with zero attached hydrogens (tertiary/aromatic N) is 2. The number of methoxy groups -OCH3 is 1. The van der Waals surface area contributed by atoms with Crippen LogP contribution in [-0.4, -0.2) is 44.3 Å². The zero-order chi connectivity index (χ0) is 15.5. The molecule has 0 aliphatic heterocycles. The van der Waals surface area contributed by atoms with Crippen molar-refractivity contribution >= 4 is 12.1 Å². The van der Waals surface area contributed by atoms with E-state index in [1.807, 2.05) is 29.2 Å². The van der Waals surface area contributed by atoms with Crippen LogP contribution >= 0.6 is 0 Å². The van der Waals surface area contributed by atoms with Crippen LogP contribution in [0.5, 0.6) is 5.75 Å². The second-order valence-corrected chi connectivity index (χ2v) is 4.95. The molecule has 1 aromatic carbocycles. The molecule has 0 fully saturated rings. The van der Waals surface area contributed by atoms with Crippen molar-refractivity contribution in [2.24, 2.45) is 4.99 Å². The molecule has 0 unspecified atom stereocenters. The van der Waals surface area contributed by atoms with E-state index in [-0.39, 0.29) is 5.91 Å². The molecule has 0 saturated heterocycles. The number of carbonyl (C=O) groups excluding carboxylic acids is 1. The van der Waals surface area contributed by atoms with Gasteiger partial charge in [0.05, 0.1) is 13.7 Å². The zero-order valence-corrected chi connectivity index (χ0v) is 13.3. The van der Waals surface area contributed by atoms with Crippen LogP contribution in [0.2, 0.25) is 0 Å². The molecule has 21 heavy (non-hydrogen) atoms. The minimum Gasteiger partial charge on any atom is -0.496 e. The molecule has 0 aliphatic rings. The van der Waals surface area contributed by atoms with Crippen LogP contribution in [0.25, 0.3) is 0 Å². The largest absolute Gasteiger partial charge is 0.496 e. The number of hydrogen-bond acceptors (Lipinski definition) is 3. The summed E-state index contributed by atoms with van der Waals surface area (Å²) in [6, 6.07) is 7.94. The summed E-state index contributed by atoms with van der Waals surface area (Å²) in [5.41, 5.74) is 1.13. The number of unbranched alkanes of at least 4 members (excludes halogenated alkanes) is 1. The topological polar surface area (TPSA) is 41.9 Å². The van der Waals surface area contributed by atoms with Crippen molar-refractivity contribution in [3.05, 3.63) is 29.8 Å². The van der Waals surface area contributed by atoms with E-state index in [2.05, 4.69) is 11.9 Å². The highest BCUT2D eigenvalue weighted by molar-refractivity contribution is 5.79. The van der Waals surface area contributed by atoms with E-state index < -0.39 is 0 Å². The van der Waals surface area contributed by atoms with Gasteiger partial charge in [0.15, 0.2) is 0 Å². The summed E-state index contributed by atoms with van der Waals surface area (Å²) >= 11 is 0. The number of benzene rings is 1. The molecule has 0 atom stereocenters. The molecule has 0 saturated carbocycles. The van der Waals surface area contributed by atoms with E-state index in [0.29, 0.717) is 19.5 Å². The molecule has 4 nitrogen and oxygen atoms in total. The Morgan fingerprint density at radius 3 is 2.81 bits per heavy atom. The number of carbonyl (C=O) groups is 1. The molecule has 0 radical (unpaired) electrons. The van der Waals surface area contributed by atoms with Gasteiger partial charge < -0.3 is 9.64 Å². The second-order valence-electron chi connectivity index (χ2n) is 4.95. The van der Waals surface area contributed by atoms with Crippen LogP contribution in [0.3, 0.4) is 0 Å². The molecule has 0 bridgehead atoms. The molecular formula is C17H26N2O2. The van der Waals surface area contributed by atoms with Crippen LogP contribution in [-0.2, 0) is 11.2 Å². The van der Waals surface area contributed by atoms with Crippen molar-refractivity contribution < 1.29 is 9.53 Å². The summed E-state index contributed by atoms with van der Waals surface area (Å²) in [5, 5.41) is 0. The van der Waals surface area contributed by atoms with Crippen LogP contribution in [0.4, 0.5) is 0 Å². The van der Waals surface area contributed by atoms with E-state index in [1.54, 1.807) is 20.4 Å². The van der Waals surface area contributed by atoms with Gasteiger partial charge in [-0.3, -0.25) is 9.79 Å². The molecule has 0 spiro atoms. The maximum absolute atomic E-state index is 12.2. The van der Waals surface area contributed by atoms with Crippen molar-refractivity contribution in [3.63, 3.8) is 0 Å². The third kappa shape index (κ3) is 5.98. The molecule has 0 aromatic heterocycles. The Hall–Kier alpha value is -1.84. The van der Waals surface area contributed by atoms with Crippen molar-refractivity contribution in [1.82, 2.24) is 4.90 Å². The summed E-state index contributed by atoms with van der Waals surface area (Å²) < 4.78 is 5.35. The number of rotatable bonds is 9. The highest BCUT2D eigenvalue weighted by Crippen LogP contribution is 2.18. The lowest BCUT2D eigenvalue weighted by atomic mass is 10.1. The summed E-state index contributed by atoms with van der Waals surface area (Å²) in [4.78, 5) is 18.1. The van der Waals surface area contributed by atoms with Crippen LogP contribution in [0.15, 0.2) is 29.3 Å². The molecule has 0 heterocycles. The maximum Gasteiger partial charge on any atom is 0.222 e. The first-order valence-corrected chi connectivity index (χ1v) is 7.53. The van der Waals surface area contributed by atoms with Gasteiger partial charge >= 0.3 is 0 Å². The quantitative estimate of drug-likeness (QED) is 0.656. The summed E-state index contributed by atoms with van der Waals surface area (Å²) in [6.07, 6.45) is 5.16. The number of ether oxygens (including phenoxy) is 1. The second kappa shape index (κ2) is 9.97. The Morgan fingerprint density at radius 2 is 2.14 bits per heavy atom. The number of aliphatic imine (C=N–C) groups is 1. The Kier molecular flexibility index (Phi) is 8.17. The minimum atomic E-state index is 0.201. The van der Waals surface area contributed by atoms with Gasteiger partial charge in [0.1, 0.15) is 5.75 Å². The van der Waals surface area contributed by atoms with Gasteiger partial charge in [-0.25, -0.2) is 0 Å². The van der Waals surface area contributed by atoms with Crippen molar-refractivity contribution in [3.8, 4) is 5.75 Å². The number of para-hydroxylation sites is 1. The third-order valence-corrected chi connectivity index (χ3v) is 3.43. The Balaban J connectivity index is 2.65. The average molecular weight is 290 g/mol. The van der Waals surface area contributed by atoms with Gasteiger partial charge in [-0.1, -0.05) is 31.5 Å². The predicted molar refractivity (Wildman–Crippen MR) is 87.2 cm³/mol. The SMILES string of the molecule is CCCCC(=O)N(CC=NC)CCc1ccccc1OC.